The lowest BCUT2D eigenvalue weighted by molar-refractivity contribution is 0.224. The number of hydrogen-bond acceptors (Lipinski definition) is 2. The van der Waals surface area contributed by atoms with E-state index in [1.54, 1.807) is 0 Å². The summed E-state index contributed by atoms with van der Waals surface area (Å²) in [6.07, 6.45) is 4.08. The van der Waals surface area contributed by atoms with E-state index < -0.39 is 0 Å². The van der Waals surface area contributed by atoms with Crippen molar-refractivity contribution in [2.45, 2.75) is 26.5 Å². The van der Waals surface area contributed by atoms with Gasteiger partial charge in [-0.3, -0.25) is 0 Å². The molecule has 0 saturated heterocycles. The monoisotopic (exact) mass is 348 g/mol. The number of hydrogen-bond donors (Lipinski definition) is 2. The largest absolute Gasteiger partial charge is 0.489 e. The summed E-state index contributed by atoms with van der Waals surface area (Å²) in [7, 11) is 2.01. The summed E-state index contributed by atoms with van der Waals surface area (Å²) in [5.41, 5.74) is 1.18. The van der Waals surface area contributed by atoms with Gasteiger partial charge in [0.25, 0.3) is 0 Å². The molecule has 0 saturated carbocycles. The number of aryl methyl sites for hydroxylation is 1. The molecule has 2 rings (SSSR count). The molecule has 5 nitrogen and oxygen atoms in total. The van der Waals surface area contributed by atoms with Crippen LogP contribution in [0.15, 0.2) is 47.7 Å². The molecule has 0 spiro atoms. The Morgan fingerprint density at radius 2 is 2.17 bits per heavy atom. The van der Waals surface area contributed by atoms with Crippen LogP contribution in [-0.2, 0) is 13.6 Å². The Bertz CT molecular complexity index is 669. The number of nitrogens with one attached hydrogen (secondary N) is 2. The minimum atomic E-state index is -0.0101. The van der Waals surface area contributed by atoms with Crippen LogP contribution in [0.4, 0.5) is 0 Å². The molecule has 1 heterocycles. The van der Waals surface area contributed by atoms with E-state index in [1.165, 1.54) is 5.56 Å². The van der Waals surface area contributed by atoms with Crippen LogP contribution in [0.1, 0.15) is 19.4 Å². The Morgan fingerprint density at radius 3 is 2.83 bits per heavy atom. The zero-order valence-corrected chi connectivity index (χ0v) is 15.2. The fraction of sp³-hybridized carbons (Fsp3) is 0.389. The van der Waals surface area contributed by atoms with Crippen molar-refractivity contribution in [1.82, 2.24) is 15.2 Å². The molecule has 0 fully saturated rings. The normalized spacial score (nSPS) is 12.8. The van der Waals surface area contributed by atoms with Crippen molar-refractivity contribution in [1.29, 1.82) is 0 Å². The highest BCUT2D eigenvalue weighted by Gasteiger charge is 2.06. The Labute approximate surface area is 148 Å². The lowest BCUT2D eigenvalue weighted by Crippen LogP contribution is -2.41. The predicted molar refractivity (Wildman–Crippen MR) is 99.8 cm³/mol. The van der Waals surface area contributed by atoms with Crippen LogP contribution < -0.4 is 15.4 Å². The average Bonchev–Trinajstić information content (AvgIpc) is 2.95. The molecule has 1 atom stereocenters. The third-order valence-corrected chi connectivity index (χ3v) is 3.58. The minimum absolute atomic E-state index is 0.0101. The molecule has 1 unspecified atom stereocenters. The molecule has 6 heteroatoms. The van der Waals surface area contributed by atoms with Gasteiger partial charge in [-0.1, -0.05) is 17.7 Å². The molecule has 0 amide bonds. The summed E-state index contributed by atoms with van der Waals surface area (Å²) >= 11 is 5.97. The van der Waals surface area contributed by atoms with Crippen LogP contribution in [0.3, 0.4) is 0 Å². The van der Waals surface area contributed by atoms with Crippen molar-refractivity contribution < 1.29 is 4.74 Å². The van der Waals surface area contributed by atoms with E-state index >= 15 is 0 Å². The Kier molecular flexibility index (Phi) is 7.00. The van der Waals surface area contributed by atoms with Crippen LogP contribution in [0.25, 0.3) is 0 Å². The fourth-order valence-corrected chi connectivity index (χ4v) is 2.40. The highest BCUT2D eigenvalue weighted by molar-refractivity contribution is 6.30. The van der Waals surface area contributed by atoms with Gasteiger partial charge in [0.1, 0.15) is 11.9 Å². The maximum absolute atomic E-state index is 5.97. The van der Waals surface area contributed by atoms with Gasteiger partial charge in [-0.05, 0) is 43.7 Å². The van der Waals surface area contributed by atoms with E-state index in [9.17, 15) is 0 Å². The van der Waals surface area contributed by atoms with Crippen molar-refractivity contribution in [2.24, 2.45) is 12.0 Å². The van der Waals surface area contributed by atoms with Crippen molar-refractivity contribution in [3.05, 3.63) is 53.3 Å². The number of aliphatic imine (C=N–C) groups is 1. The number of rotatable bonds is 7. The molecular weight excluding hydrogens is 324 g/mol. The summed E-state index contributed by atoms with van der Waals surface area (Å²) < 4.78 is 7.88. The average molecular weight is 349 g/mol. The van der Waals surface area contributed by atoms with E-state index in [-0.39, 0.29) is 6.10 Å². The molecule has 0 aliphatic carbocycles. The van der Waals surface area contributed by atoms with Gasteiger partial charge in [-0.2, -0.15) is 0 Å². The van der Waals surface area contributed by atoms with Crippen molar-refractivity contribution in [3.8, 4) is 5.75 Å². The quantitative estimate of drug-likeness (QED) is 0.596. The molecule has 2 N–H and O–H groups in total. The SMILES string of the molecule is CCNC(=NCc1ccn(C)c1)NCC(C)Oc1cccc(Cl)c1. The highest BCUT2D eigenvalue weighted by Crippen LogP contribution is 2.18. The van der Waals surface area contributed by atoms with Gasteiger partial charge in [-0.15, -0.1) is 0 Å². The second-order valence-electron chi connectivity index (χ2n) is 5.65. The van der Waals surface area contributed by atoms with Gasteiger partial charge >= 0.3 is 0 Å². The molecule has 0 bridgehead atoms. The lowest BCUT2D eigenvalue weighted by atomic mass is 10.3. The molecular formula is C18H25ClN4O. The number of aromatic nitrogens is 1. The van der Waals surface area contributed by atoms with Crippen LogP contribution in [-0.4, -0.2) is 29.7 Å². The van der Waals surface area contributed by atoms with Gasteiger partial charge in [0.05, 0.1) is 13.1 Å². The van der Waals surface area contributed by atoms with E-state index in [0.29, 0.717) is 18.1 Å². The number of nitrogens with zero attached hydrogens (tertiary/aromatic N) is 2. The van der Waals surface area contributed by atoms with Crippen LogP contribution in [0.2, 0.25) is 5.02 Å². The number of guanidine groups is 1. The van der Waals surface area contributed by atoms with Crippen LogP contribution in [0.5, 0.6) is 5.75 Å². The van der Waals surface area contributed by atoms with Gasteiger partial charge in [-0.25, -0.2) is 4.99 Å². The van der Waals surface area contributed by atoms with E-state index in [4.69, 9.17) is 16.3 Å². The topological polar surface area (TPSA) is 50.6 Å². The zero-order valence-electron chi connectivity index (χ0n) is 14.4. The van der Waals surface area contributed by atoms with Crippen molar-refractivity contribution >= 4 is 17.6 Å². The Balaban J connectivity index is 1.85. The third kappa shape index (κ3) is 6.16. The fourth-order valence-electron chi connectivity index (χ4n) is 2.22. The summed E-state index contributed by atoms with van der Waals surface area (Å²) in [5, 5.41) is 7.22. The first-order chi connectivity index (χ1) is 11.6. The zero-order chi connectivity index (χ0) is 17.4. The second-order valence-corrected chi connectivity index (χ2v) is 6.08. The van der Waals surface area contributed by atoms with Crippen LogP contribution >= 0.6 is 11.6 Å². The Hall–Kier alpha value is -2.14. The molecule has 2 aromatic rings. The Morgan fingerprint density at radius 1 is 1.33 bits per heavy atom. The summed E-state index contributed by atoms with van der Waals surface area (Å²) in [6.45, 7) is 6.15. The van der Waals surface area contributed by atoms with E-state index in [1.807, 2.05) is 55.9 Å². The first-order valence-corrected chi connectivity index (χ1v) is 8.50. The molecule has 0 aliphatic heterocycles. The van der Waals surface area contributed by atoms with Crippen molar-refractivity contribution in [2.75, 3.05) is 13.1 Å². The summed E-state index contributed by atoms with van der Waals surface area (Å²) in [4.78, 5) is 4.59. The third-order valence-electron chi connectivity index (χ3n) is 3.35. The summed E-state index contributed by atoms with van der Waals surface area (Å²) in [5.74, 6) is 1.55. The van der Waals surface area contributed by atoms with Crippen LogP contribution in [0, 0.1) is 0 Å². The number of halogens is 1. The van der Waals surface area contributed by atoms with Gasteiger partial charge in [0.2, 0.25) is 0 Å². The molecule has 1 aromatic carbocycles. The maximum atomic E-state index is 5.97. The second kappa shape index (κ2) is 9.23. The smallest absolute Gasteiger partial charge is 0.191 e. The molecule has 130 valence electrons. The molecule has 0 radical (unpaired) electrons. The van der Waals surface area contributed by atoms with E-state index in [2.05, 4.69) is 27.9 Å². The molecule has 0 aliphatic rings. The van der Waals surface area contributed by atoms with E-state index in [0.717, 1.165) is 18.3 Å². The van der Waals surface area contributed by atoms with Gasteiger partial charge in [0.15, 0.2) is 5.96 Å². The highest BCUT2D eigenvalue weighted by atomic mass is 35.5. The van der Waals surface area contributed by atoms with Gasteiger partial charge in [0, 0.05) is 31.0 Å². The standard InChI is InChI=1S/C18H25ClN4O/c1-4-20-18(22-12-15-8-9-23(3)13-15)21-11-14(2)24-17-7-5-6-16(19)10-17/h5-10,13-14H,4,11-12H2,1-3H3,(H2,20,21,22). The minimum Gasteiger partial charge on any atom is -0.489 e. The molecule has 24 heavy (non-hydrogen) atoms. The van der Waals surface area contributed by atoms with Crippen molar-refractivity contribution in [3.63, 3.8) is 0 Å². The predicted octanol–water partition coefficient (Wildman–Crippen LogP) is 3.20. The first kappa shape index (κ1) is 18.2. The maximum Gasteiger partial charge on any atom is 0.191 e. The van der Waals surface area contributed by atoms with Gasteiger partial charge < -0.3 is 19.9 Å². The lowest BCUT2D eigenvalue weighted by Gasteiger charge is -2.17. The first-order valence-electron chi connectivity index (χ1n) is 8.12. The number of ether oxygens (including phenoxy) is 1. The molecule has 1 aromatic heterocycles. The number of benzene rings is 1. The summed E-state index contributed by atoms with van der Waals surface area (Å²) in [6, 6.07) is 9.49.